The molecule has 0 spiro atoms. The molecule has 1 aromatic carbocycles. The Bertz CT molecular complexity index is 560. The summed E-state index contributed by atoms with van der Waals surface area (Å²) >= 11 is 5.98. The van der Waals surface area contributed by atoms with Crippen molar-refractivity contribution in [1.29, 1.82) is 0 Å². The number of anilines is 1. The topological polar surface area (TPSA) is 42.2 Å². The molecule has 0 fully saturated rings. The van der Waals surface area contributed by atoms with Gasteiger partial charge in [-0.1, -0.05) is 17.7 Å². The Kier molecular flexibility index (Phi) is 3.20. The average Bonchev–Trinajstić information content (AvgIpc) is 2.70. The minimum absolute atomic E-state index is 0.198. The SMILES string of the molecule is Cc1ccc(NC(=O)c2ccoc2C)cc1Cl. The lowest BCUT2D eigenvalue weighted by atomic mass is 10.2. The summed E-state index contributed by atoms with van der Waals surface area (Å²) in [5, 5.41) is 3.40. The van der Waals surface area contributed by atoms with Crippen LogP contribution < -0.4 is 5.32 Å². The van der Waals surface area contributed by atoms with Gasteiger partial charge in [0.1, 0.15) is 5.76 Å². The quantitative estimate of drug-likeness (QED) is 0.880. The number of aryl methyl sites for hydroxylation is 2. The van der Waals surface area contributed by atoms with Gasteiger partial charge >= 0.3 is 0 Å². The van der Waals surface area contributed by atoms with Gasteiger partial charge in [0.2, 0.25) is 0 Å². The third-order valence-electron chi connectivity index (χ3n) is 2.53. The molecule has 4 heteroatoms. The number of rotatable bonds is 2. The molecule has 0 aliphatic heterocycles. The Hall–Kier alpha value is -1.74. The van der Waals surface area contributed by atoms with Crippen molar-refractivity contribution in [3.63, 3.8) is 0 Å². The van der Waals surface area contributed by atoms with Crippen molar-refractivity contribution >= 4 is 23.2 Å². The second kappa shape index (κ2) is 4.63. The van der Waals surface area contributed by atoms with Crippen molar-refractivity contribution in [2.24, 2.45) is 0 Å². The zero-order valence-corrected chi connectivity index (χ0v) is 10.3. The maximum Gasteiger partial charge on any atom is 0.259 e. The van der Waals surface area contributed by atoms with Crippen molar-refractivity contribution in [3.8, 4) is 0 Å². The van der Waals surface area contributed by atoms with Gasteiger partial charge in [-0.25, -0.2) is 0 Å². The predicted molar refractivity (Wildman–Crippen MR) is 67.6 cm³/mol. The first-order valence-corrected chi connectivity index (χ1v) is 5.57. The smallest absolute Gasteiger partial charge is 0.259 e. The number of halogens is 1. The molecule has 0 bridgehead atoms. The van der Waals surface area contributed by atoms with Gasteiger partial charge in [-0.2, -0.15) is 0 Å². The van der Waals surface area contributed by atoms with E-state index in [1.165, 1.54) is 6.26 Å². The predicted octanol–water partition coefficient (Wildman–Crippen LogP) is 3.80. The normalized spacial score (nSPS) is 10.3. The number of nitrogens with one attached hydrogen (secondary N) is 1. The maximum absolute atomic E-state index is 11.9. The van der Waals surface area contributed by atoms with Crippen LogP contribution in [0.2, 0.25) is 5.02 Å². The van der Waals surface area contributed by atoms with E-state index >= 15 is 0 Å². The summed E-state index contributed by atoms with van der Waals surface area (Å²) in [4.78, 5) is 11.9. The van der Waals surface area contributed by atoms with Crippen LogP contribution in [0, 0.1) is 13.8 Å². The van der Waals surface area contributed by atoms with E-state index in [4.69, 9.17) is 16.0 Å². The summed E-state index contributed by atoms with van der Waals surface area (Å²) in [6, 6.07) is 7.04. The maximum atomic E-state index is 11.9. The molecular weight excluding hydrogens is 238 g/mol. The Morgan fingerprint density at radius 3 is 2.65 bits per heavy atom. The summed E-state index contributed by atoms with van der Waals surface area (Å²) < 4.78 is 5.08. The molecule has 0 aliphatic carbocycles. The lowest BCUT2D eigenvalue weighted by Crippen LogP contribution is -2.12. The second-order valence-corrected chi connectivity index (χ2v) is 4.22. The van der Waals surface area contributed by atoms with E-state index in [9.17, 15) is 4.79 Å². The number of benzene rings is 1. The molecule has 2 rings (SSSR count). The third-order valence-corrected chi connectivity index (χ3v) is 2.94. The molecule has 17 heavy (non-hydrogen) atoms. The van der Waals surface area contributed by atoms with E-state index in [0.29, 0.717) is 22.0 Å². The van der Waals surface area contributed by atoms with Crippen LogP contribution in [0.4, 0.5) is 5.69 Å². The van der Waals surface area contributed by atoms with Crippen LogP contribution >= 0.6 is 11.6 Å². The molecule has 1 amide bonds. The standard InChI is InChI=1S/C13H12ClNO2/c1-8-3-4-10(7-12(8)14)15-13(16)11-5-6-17-9(11)2/h3-7H,1-2H3,(H,15,16). The van der Waals surface area contributed by atoms with Gasteiger partial charge in [0.25, 0.3) is 5.91 Å². The number of carbonyl (C=O) groups is 1. The van der Waals surface area contributed by atoms with Gasteiger partial charge in [-0.05, 0) is 37.6 Å². The number of hydrogen-bond acceptors (Lipinski definition) is 2. The van der Waals surface area contributed by atoms with Crippen molar-refractivity contribution < 1.29 is 9.21 Å². The fourth-order valence-corrected chi connectivity index (χ4v) is 1.67. The van der Waals surface area contributed by atoms with Gasteiger partial charge < -0.3 is 9.73 Å². The Morgan fingerprint density at radius 1 is 1.29 bits per heavy atom. The average molecular weight is 250 g/mol. The summed E-state index contributed by atoms with van der Waals surface area (Å²) in [5.41, 5.74) is 2.18. The molecule has 0 unspecified atom stereocenters. The molecule has 1 aromatic heterocycles. The summed E-state index contributed by atoms with van der Waals surface area (Å²) in [6.45, 7) is 3.66. The molecule has 2 aromatic rings. The van der Waals surface area contributed by atoms with E-state index in [1.54, 1.807) is 19.1 Å². The molecule has 1 N–H and O–H groups in total. The zero-order chi connectivity index (χ0) is 12.4. The second-order valence-electron chi connectivity index (χ2n) is 3.81. The van der Waals surface area contributed by atoms with Crippen LogP contribution in [0.25, 0.3) is 0 Å². The van der Waals surface area contributed by atoms with Gasteiger partial charge in [0, 0.05) is 10.7 Å². The highest BCUT2D eigenvalue weighted by Crippen LogP contribution is 2.21. The van der Waals surface area contributed by atoms with Crippen LogP contribution in [0.1, 0.15) is 21.7 Å². The first kappa shape index (κ1) is 11.7. The van der Waals surface area contributed by atoms with E-state index in [-0.39, 0.29) is 5.91 Å². The molecule has 0 aliphatic rings. The number of carbonyl (C=O) groups excluding carboxylic acids is 1. The van der Waals surface area contributed by atoms with Gasteiger partial charge in [-0.3, -0.25) is 4.79 Å². The zero-order valence-electron chi connectivity index (χ0n) is 9.58. The highest BCUT2D eigenvalue weighted by molar-refractivity contribution is 6.31. The van der Waals surface area contributed by atoms with Crippen LogP contribution in [-0.2, 0) is 0 Å². The van der Waals surface area contributed by atoms with E-state index < -0.39 is 0 Å². The first-order valence-electron chi connectivity index (χ1n) is 5.19. The lowest BCUT2D eigenvalue weighted by molar-refractivity contribution is 0.102. The Balaban J connectivity index is 2.19. The number of furan rings is 1. The van der Waals surface area contributed by atoms with E-state index in [1.807, 2.05) is 19.1 Å². The first-order chi connectivity index (χ1) is 8.08. The Labute approximate surface area is 104 Å². The molecule has 3 nitrogen and oxygen atoms in total. The minimum Gasteiger partial charge on any atom is -0.469 e. The summed E-state index contributed by atoms with van der Waals surface area (Å²) in [7, 11) is 0. The molecule has 0 atom stereocenters. The summed E-state index contributed by atoms with van der Waals surface area (Å²) in [5.74, 6) is 0.400. The van der Waals surface area contributed by atoms with Crippen LogP contribution in [0.15, 0.2) is 34.9 Å². The van der Waals surface area contributed by atoms with E-state index in [0.717, 1.165) is 5.56 Å². The number of amides is 1. The molecule has 0 radical (unpaired) electrons. The monoisotopic (exact) mass is 249 g/mol. The fourth-order valence-electron chi connectivity index (χ4n) is 1.49. The van der Waals surface area contributed by atoms with Crippen molar-refractivity contribution in [1.82, 2.24) is 0 Å². The number of hydrogen-bond donors (Lipinski definition) is 1. The third kappa shape index (κ3) is 2.50. The lowest BCUT2D eigenvalue weighted by Gasteiger charge is -2.06. The van der Waals surface area contributed by atoms with Crippen molar-refractivity contribution in [3.05, 3.63) is 52.4 Å². The molecule has 0 saturated heterocycles. The highest BCUT2D eigenvalue weighted by atomic mass is 35.5. The molecule has 1 heterocycles. The van der Waals surface area contributed by atoms with Crippen LogP contribution in [-0.4, -0.2) is 5.91 Å². The van der Waals surface area contributed by atoms with Gasteiger partial charge in [-0.15, -0.1) is 0 Å². The van der Waals surface area contributed by atoms with Crippen LogP contribution in [0.3, 0.4) is 0 Å². The van der Waals surface area contributed by atoms with Gasteiger partial charge in [0.15, 0.2) is 0 Å². The largest absolute Gasteiger partial charge is 0.469 e. The van der Waals surface area contributed by atoms with Gasteiger partial charge in [0.05, 0.1) is 11.8 Å². The summed E-state index contributed by atoms with van der Waals surface area (Å²) in [6.07, 6.45) is 1.49. The fraction of sp³-hybridized carbons (Fsp3) is 0.154. The van der Waals surface area contributed by atoms with Crippen molar-refractivity contribution in [2.75, 3.05) is 5.32 Å². The highest BCUT2D eigenvalue weighted by Gasteiger charge is 2.11. The van der Waals surface area contributed by atoms with Crippen molar-refractivity contribution in [2.45, 2.75) is 13.8 Å². The molecule has 88 valence electrons. The van der Waals surface area contributed by atoms with Crippen LogP contribution in [0.5, 0.6) is 0 Å². The Morgan fingerprint density at radius 2 is 2.06 bits per heavy atom. The molecular formula is C13H12ClNO2. The van der Waals surface area contributed by atoms with E-state index in [2.05, 4.69) is 5.32 Å². The molecule has 0 saturated carbocycles. The minimum atomic E-state index is -0.198.